The number of piperidine rings is 1. The van der Waals surface area contributed by atoms with Crippen molar-refractivity contribution in [2.24, 2.45) is 0 Å². The number of aromatic nitrogens is 3. The highest BCUT2D eigenvalue weighted by Crippen LogP contribution is 2.41. The quantitative estimate of drug-likeness (QED) is 0.470. The molecule has 1 aliphatic heterocycles. The number of aryl methyl sites for hydroxylation is 1. The SMILES string of the molecule is Cc1nnc(N[C@H](C)c2cccc(C(F)(F)C(C)(C)O)c2F)c2cc(N3CCC(O)CC3)cnc12. The largest absolute Gasteiger partial charge is 0.393 e. The summed E-state index contributed by atoms with van der Waals surface area (Å²) in [4.78, 5) is 6.69. The summed E-state index contributed by atoms with van der Waals surface area (Å²) >= 11 is 0. The molecule has 0 amide bonds. The molecule has 0 saturated carbocycles. The van der Waals surface area contributed by atoms with Crippen LogP contribution >= 0.6 is 0 Å². The van der Waals surface area contributed by atoms with Crippen LogP contribution in [0.4, 0.5) is 24.7 Å². The highest BCUT2D eigenvalue weighted by Gasteiger charge is 2.49. The number of nitrogens with one attached hydrogen (secondary N) is 1. The number of fused-ring (bicyclic) bond motifs is 1. The maximum absolute atomic E-state index is 15.3. The Morgan fingerprint density at radius 1 is 1.17 bits per heavy atom. The molecule has 1 aromatic carbocycles. The summed E-state index contributed by atoms with van der Waals surface area (Å²) in [6, 6.07) is 4.93. The maximum atomic E-state index is 15.3. The lowest BCUT2D eigenvalue weighted by molar-refractivity contribution is -0.170. The minimum absolute atomic E-state index is 0.0103. The normalized spacial score (nSPS) is 16.5. The van der Waals surface area contributed by atoms with E-state index in [1.807, 2.05) is 6.07 Å². The zero-order valence-electron chi connectivity index (χ0n) is 20.2. The summed E-state index contributed by atoms with van der Waals surface area (Å²) < 4.78 is 44.7. The molecule has 10 heteroatoms. The first kappa shape index (κ1) is 25.1. The first-order chi connectivity index (χ1) is 16.4. The lowest BCUT2D eigenvalue weighted by atomic mass is 9.91. The maximum Gasteiger partial charge on any atom is 0.303 e. The van der Waals surface area contributed by atoms with Crippen LogP contribution in [0.15, 0.2) is 30.5 Å². The van der Waals surface area contributed by atoms with Crippen molar-refractivity contribution in [3.63, 3.8) is 0 Å². The number of aliphatic hydroxyl groups is 2. The molecule has 3 aromatic rings. The summed E-state index contributed by atoms with van der Waals surface area (Å²) in [5.41, 5.74) is -1.18. The van der Waals surface area contributed by atoms with Gasteiger partial charge in [-0.1, -0.05) is 12.1 Å². The minimum Gasteiger partial charge on any atom is -0.393 e. The molecule has 3 heterocycles. The van der Waals surface area contributed by atoms with Crippen molar-refractivity contribution in [1.29, 1.82) is 0 Å². The van der Waals surface area contributed by atoms with Crippen LogP contribution in [0.2, 0.25) is 0 Å². The van der Waals surface area contributed by atoms with E-state index in [1.54, 1.807) is 20.0 Å². The Balaban J connectivity index is 1.69. The second-order valence-corrected chi connectivity index (χ2v) is 9.65. The van der Waals surface area contributed by atoms with Crippen LogP contribution in [0.1, 0.15) is 56.5 Å². The molecule has 35 heavy (non-hydrogen) atoms. The minimum atomic E-state index is -3.79. The van der Waals surface area contributed by atoms with E-state index in [0.29, 0.717) is 48.3 Å². The third kappa shape index (κ3) is 4.77. The van der Waals surface area contributed by atoms with Gasteiger partial charge in [0.05, 0.1) is 40.8 Å². The highest BCUT2D eigenvalue weighted by atomic mass is 19.3. The second kappa shape index (κ2) is 9.23. The Labute approximate surface area is 202 Å². The zero-order valence-corrected chi connectivity index (χ0v) is 20.2. The number of alkyl halides is 2. The van der Waals surface area contributed by atoms with E-state index >= 15 is 4.39 Å². The molecule has 1 aliphatic rings. The van der Waals surface area contributed by atoms with Crippen molar-refractivity contribution < 1.29 is 23.4 Å². The molecule has 3 N–H and O–H groups in total. The van der Waals surface area contributed by atoms with E-state index in [2.05, 4.69) is 25.4 Å². The fourth-order valence-electron chi connectivity index (χ4n) is 4.29. The molecule has 0 aliphatic carbocycles. The van der Waals surface area contributed by atoms with Crippen LogP contribution in [-0.4, -0.2) is 50.2 Å². The molecule has 0 spiro atoms. The molecular formula is C25H30F3N5O2. The summed E-state index contributed by atoms with van der Waals surface area (Å²) in [7, 11) is 0. The number of hydrogen-bond donors (Lipinski definition) is 3. The van der Waals surface area contributed by atoms with E-state index in [4.69, 9.17) is 0 Å². The van der Waals surface area contributed by atoms with Crippen molar-refractivity contribution in [2.45, 2.75) is 64.2 Å². The number of hydrogen-bond acceptors (Lipinski definition) is 7. The van der Waals surface area contributed by atoms with Crippen LogP contribution in [-0.2, 0) is 5.92 Å². The van der Waals surface area contributed by atoms with Crippen molar-refractivity contribution in [3.05, 3.63) is 53.1 Å². The molecule has 2 aromatic heterocycles. The van der Waals surface area contributed by atoms with Gasteiger partial charge < -0.3 is 20.4 Å². The molecule has 1 atom stereocenters. The van der Waals surface area contributed by atoms with Gasteiger partial charge in [-0.3, -0.25) is 4.98 Å². The Bertz CT molecular complexity index is 1220. The van der Waals surface area contributed by atoms with E-state index in [9.17, 15) is 19.0 Å². The van der Waals surface area contributed by atoms with Gasteiger partial charge in [0.1, 0.15) is 11.4 Å². The van der Waals surface area contributed by atoms with Crippen LogP contribution in [0.5, 0.6) is 0 Å². The predicted molar refractivity (Wildman–Crippen MR) is 128 cm³/mol. The first-order valence-corrected chi connectivity index (χ1v) is 11.6. The van der Waals surface area contributed by atoms with Crippen molar-refractivity contribution in [1.82, 2.24) is 15.2 Å². The molecule has 1 fully saturated rings. The monoisotopic (exact) mass is 489 g/mol. The summed E-state index contributed by atoms with van der Waals surface area (Å²) in [6.07, 6.45) is 2.78. The molecule has 0 radical (unpaired) electrons. The number of nitrogens with zero attached hydrogens (tertiary/aromatic N) is 4. The molecule has 0 bridgehead atoms. The second-order valence-electron chi connectivity index (χ2n) is 9.65. The average molecular weight is 490 g/mol. The van der Waals surface area contributed by atoms with Gasteiger partial charge in [-0.15, -0.1) is 5.10 Å². The van der Waals surface area contributed by atoms with Crippen molar-refractivity contribution in [3.8, 4) is 0 Å². The van der Waals surface area contributed by atoms with Gasteiger partial charge in [0.2, 0.25) is 0 Å². The van der Waals surface area contributed by atoms with Gasteiger partial charge in [-0.25, -0.2) is 4.39 Å². The Morgan fingerprint density at radius 3 is 2.51 bits per heavy atom. The molecule has 188 valence electrons. The molecular weight excluding hydrogens is 459 g/mol. The zero-order chi connectivity index (χ0) is 25.5. The predicted octanol–water partition coefficient (Wildman–Crippen LogP) is 4.47. The Morgan fingerprint density at radius 2 is 1.86 bits per heavy atom. The number of halogens is 3. The topological polar surface area (TPSA) is 94.4 Å². The van der Waals surface area contributed by atoms with Gasteiger partial charge in [0.25, 0.3) is 0 Å². The highest BCUT2D eigenvalue weighted by molar-refractivity contribution is 5.92. The van der Waals surface area contributed by atoms with Gasteiger partial charge in [0.15, 0.2) is 5.82 Å². The summed E-state index contributed by atoms with van der Waals surface area (Å²) in [6.45, 7) is 6.71. The van der Waals surface area contributed by atoms with Crippen LogP contribution < -0.4 is 10.2 Å². The fourth-order valence-corrected chi connectivity index (χ4v) is 4.29. The van der Waals surface area contributed by atoms with E-state index in [1.165, 1.54) is 12.1 Å². The summed E-state index contributed by atoms with van der Waals surface area (Å²) in [5, 5.41) is 31.9. The number of pyridine rings is 1. The molecule has 1 saturated heterocycles. The number of anilines is 2. The average Bonchev–Trinajstić information content (AvgIpc) is 2.80. The van der Waals surface area contributed by atoms with Crippen LogP contribution in [0.3, 0.4) is 0 Å². The van der Waals surface area contributed by atoms with Gasteiger partial charge >= 0.3 is 5.92 Å². The standard InChI is InChI=1S/C25H30F3N5O2/c1-14(18-6-5-7-20(21(18)26)25(27,28)24(3,4)35)30-23-19-12-16(33-10-8-17(34)9-11-33)13-29-22(19)15(2)31-32-23/h5-7,12-14,17,34-35H,8-11H2,1-4H3,(H,30,32)/t14-/m1/s1. The smallest absolute Gasteiger partial charge is 0.303 e. The molecule has 4 rings (SSSR count). The number of aliphatic hydroxyl groups excluding tert-OH is 1. The Kier molecular flexibility index (Phi) is 6.63. The van der Waals surface area contributed by atoms with Crippen LogP contribution in [0, 0.1) is 12.7 Å². The van der Waals surface area contributed by atoms with E-state index < -0.39 is 28.9 Å². The number of rotatable bonds is 6. The number of benzene rings is 1. The fraction of sp³-hybridized carbons (Fsp3) is 0.480. The first-order valence-electron chi connectivity index (χ1n) is 11.6. The summed E-state index contributed by atoms with van der Waals surface area (Å²) in [5.74, 6) is -4.53. The van der Waals surface area contributed by atoms with Crippen LogP contribution in [0.25, 0.3) is 10.9 Å². The third-order valence-electron chi connectivity index (χ3n) is 6.56. The van der Waals surface area contributed by atoms with E-state index in [-0.39, 0.29) is 11.7 Å². The van der Waals surface area contributed by atoms with E-state index in [0.717, 1.165) is 25.6 Å². The lowest BCUT2D eigenvalue weighted by Gasteiger charge is -2.31. The molecule has 7 nitrogen and oxygen atoms in total. The molecule has 0 unspecified atom stereocenters. The van der Waals surface area contributed by atoms with Gasteiger partial charge in [0, 0.05) is 24.0 Å². The van der Waals surface area contributed by atoms with Crippen molar-refractivity contribution in [2.75, 3.05) is 23.3 Å². The van der Waals surface area contributed by atoms with Gasteiger partial charge in [-0.05, 0) is 52.7 Å². The Hall–Kier alpha value is -2.98. The van der Waals surface area contributed by atoms with Gasteiger partial charge in [-0.2, -0.15) is 13.9 Å². The van der Waals surface area contributed by atoms with Crippen molar-refractivity contribution >= 4 is 22.4 Å². The third-order valence-corrected chi connectivity index (χ3v) is 6.56. The lowest BCUT2D eigenvalue weighted by Crippen LogP contribution is -2.41.